The second kappa shape index (κ2) is 8.66. The minimum absolute atomic E-state index is 0.0286. The molecule has 3 aromatic heterocycles. The molecule has 4 rings (SSSR count). The van der Waals surface area contributed by atoms with Crippen molar-refractivity contribution in [2.75, 3.05) is 5.32 Å². The Kier molecular flexibility index (Phi) is 5.92. The second-order valence-corrected chi connectivity index (χ2v) is 8.22. The van der Waals surface area contributed by atoms with Gasteiger partial charge in [0.1, 0.15) is 10.6 Å². The number of pyridine rings is 2. The smallest absolute Gasteiger partial charge is 0.321 e. The van der Waals surface area contributed by atoms with E-state index >= 15 is 0 Å². The summed E-state index contributed by atoms with van der Waals surface area (Å²) in [5.74, 6) is -0.303. The van der Waals surface area contributed by atoms with Gasteiger partial charge in [-0.25, -0.2) is 0 Å². The molecule has 0 atom stereocenters. The minimum Gasteiger partial charge on any atom is -0.321 e. The molecule has 0 aliphatic heterocycles. The molecule has 3 heterocycles. The summed E-state index contributed by atoms with van der Waals surface area (Å²) in [4.78, 5) is 21.0. The third kappa shape index (κ3) is 4.47. The van der Waals surface area contributed by atoms with Crippen LogP contribution in [0.3, 0.4) is 0 Å². The molecule has 0 unspecified atom stereocenters. The fraction of sp³-hybridized carbons (Fsp3) is 0.217. The molecular formula is C23H19F3N4OS. The number of rotatable bonds is 6. The molecule has 0 saturated heterocycles. The van der Waals surface area contributed by atoms with Crippen LogP contribution in [0.15, 0.2) is 49.5 Å². The van der Waals surface area contributed by atoms with Crippen molar-refractivity contribution in [1.82, 2.24) is 14.3 Å². The van der Waals surface area contributed by atoms with Crippen molar-refractivity contribution in [2.45, 2.75) is 31.9 Å². The lowest BCUT2D eigenvalue weighted by Crippen LogP contribution is -2.14. The monoisotopic (exact) mass is 456 g/mol. The zero-order valence-corrected chi connectivity index (χ0v) is 17.9. The van der Waals surface area contributed by atoms with E-state index in [0.29, 0.717) is 10.6 Å². The summed E-state index contributed by atoms with van der Waals surface area (Å²) >= 11 is 1.04. The summed E-state index contributed by atoms with van der Waals surface area (Å²) in [6, 6.07) is 2.15. The molecule has 3 aromatic rings. The highest BCUT2D eigenvalue weighted by atomic mass is 32.1. The SMILES string of the molecule is C=C/C=C\c1c(C)cncc1-c1nsc(C(=O)Nc2ccnc(C(F)(F)F)c2)c1C1CC1. The van der Waals surface area contributed by atoms with Crippen LogP contribution in [0.25, 0.3) is 17.3 Å². The van der Waals surface area contributed by atoms with Crippen LogP contribution in [0.5, 0.6) is 0 Å². The number of carbonyl (C=O) groups is 1. The largest absolute Gasteiger partial charge is 0.433 e. The van der Waals surface area contributed by atoms with Crippen molar-refractivity contribution in [3.05, 3.63) is 76.7 Å². The lowest BCUT2D eigenvalue weighted by molar-refractivity contribution is -0.141. The van der Waals surface area contributed by atoms with Crippen molar-refractivity contribution in [2.24, 2.45) is 0 Å². The van der Waals surface area contributed by atoms with Gasteiger partial charge >= 0.3 is 6.18 Å². The molecule has 1 fully saturated rings. The van der Waals surface area contributed by atoms with Crippen LogP contribution < -0.4 is 5.32 Å². The maximum Gasteiger partial charge on any atom is 0.433 e. The fourth-order valence-corrected chi connectivity index (χ4v) is 4.28. The number of hydrogen-bond donors (Lipinski definition) is 1. The first kappa shape index (κ1) is 21.9. The van der Waals surface area contributed by atoms with Gasteiger partial charge in [0.25, 0.3) is 5.91 Å². The number of hydrogen-bond acceptors (Lipinski definition) is 5. The number of halogens is 3. The molecule has 1 aliphatic rings. The van der Waals surface area contributed by atoms with Crippen LogP contribution in [0.2, 0.25) is 0 Å². The summed E-state index contributed by atoms with van der Waals surface area (Å²) in [5.41, 5.74) is 3.17. The molecule has 0 spiro atoms. The summed E-state index contributed by atoms with van der Waals surface area (Å²) in [6.07, 6.45) is 7.18. The zero-order valence-electron chi connectivity index (χ0n) is 17.1. The van der Waals surface area contributed by atoms with Crippen LogP contribution in [0.1, 0.15) is 50.8 Å². The van der Waals surface area contributed by atoms with Crippen molar-refractivity contribution in [3.8, 4) is 11.3 Å². The number of alkyl halides is 3. The van der Waals surface area contributed by atoms with E-state index in [2.05, 4.69) is 26.2 Å². The van der Waals surface area contributed by atoms with E-state index in [4.69, 9.17) is 0 Å². The van der Waals surface area contributed by atoms with Crippen molar-refractivity contribution in [1.29, 1.82) is 0 Å². The molecule has 0 bridgehead atoms. The first-order valence-corrected chi connectivity index (χ1v) is 10.6. The standard InChI is InChI=1S/C23H19F3N4OS/c1-3-4-5-16-13(2)11-27-12-17(16)20-19(14-6-7-14)21(32-30-20)22(31)29-15-8-9-28-18(10-15)23(24,25)26/h3-5,8-12,14H,1,6-7H2,2H3,(H,28,29,31)/b5-4-. The Labute approximate surface area is 186 Å². The van der Waals surface area contributed by atoms with Gasteiger partial charge in [-0.2, -0.15) is 17.5 Å². The Morgan fingerprint density at radius 3 is 2.78 bits per heavy atom. The van der Waals surface area contributed by atoms with E-state index in [9.17, 15) is 18.0 Å². The van der Waals surface area contributed by atoms with Crippen molar-refractivity contribution >= 4 is 29.2 Å². The Hall–Kier alpha value is -3.33. The van der Waals surface area contributed by atoms with Crippen LogP contribution in [-0.4, -0.2) is 20.2 Å². The highest BCUT2D eigenvalue weighted by Gasteiger charge is 2.35. The zero-order chi connectivity index (χ0) is 22.9. The van der Waals surface area contributed by atoms with Crippen LogP contribution in [0, 0.1) is 6.92 Å². The van der Waals surface area contributed by atoms with E-state index in [1.165, 1.54) is 6.07 Å². The highest BCUT2D eigenvalue weighted by Crippen LogP contribution is 2.48. The number of amides is 1. The van der Waals surface area contributed by atoms with Crippen LogP contribution >= 0.6 is 11.5 Å². The maximum absolute atomic E-state index is 13.0. The predicted octanol–water partition coefficient (Wildman–Crippen LogP) is 6.26. The number of anilines is 1. The van der Waals surface area contributed by atoms with Crippen molar-refractivity contribution < 1.29 is 18.0 Å². The number of nitrogens with one attached hydrogen (secondary N) is 1. The number of aryl methyl sites for hydroxylation is 1. The van der Waals surface area contributed by atoms with Gasteiger partial charge in [0.15, 0.2) is 0 Å². The van der Waals surface area contributed by atoms with Gasteiger partial charge < -0.3 is 5.32 Å². The average Bonchev–Trinajstić information content (AvgIpc) is 3.50. The van der Waals surface area contributed by atoms with E-state index in [1.807, 2.05) is 19.1 Å². The molecule has 1 N–H and O–H groups in total. The van der Waals surface area contributed by atoms with E-state index in [-0.39, 0.29) is 11.6 Å². The number of carbonyl (C=O) groups excluding carboxylic acids is 1. The molecule has 1 aliphatic carbocycles. The van der Waals surface area contributed by atoms with E-state index in [1.54, 1.807) is 18.5 Å². The van der Waals surface area contributed by atoms with Gasteiger partial charge in [-0.05, 0) is 60.5 Å². The molecular weight excluding hydrogens is 437 g/mol. The quantitative estimate of drug-likeness (QED) is 0.445. The van der Waals surface area contributed by atoms with Gasteiger partial charge in [-0.3, -0.25) is 14.8 Å². The summed E-state index contributed by atoms with van der Waals surface area (Å²) in [7, 11) is 0. The molecule has 0 radical (unpaired) electrons. The lowest BCUT2D eigenvalue weighted by atomic mass is 9.97. The molecule has 5 nitrogen and oxygen atoms in total. The molecule has 164 valence electrons. The predicted molar refractivity (Wildman–Crippen MR) is 118 cm³/mol. The fourth-order valence-electron chi connectivity index (χ4n) is 3.41. The Bertz CT molecular complexity index is 1210. The third-order valence-corrected chi connectivity index (χ3v) is 5.93. The Morgan fingerprint density at radius 1 is 1.31 bits per heavy atom. The third-order valence-electron chi connectivity index (χ3n) is 5.07. The summed E-state index contributed by atoms with van der Waals surface area (Å²) < 4.78 is 43.4. The molecule has 1 saturated carbocycles. The van der Waals surface area contributed by atoms with Gasteiger partial charge in [-0.1, -0.05) is 24.8 Å². The lowest BCUT2D eigenvalue weighted by Gasteiger charge is -2.11. The van der Waals surface area contributed by atoms with E-state index < -0.39 is 17.8 Å². The molecule has 0 aromatic carbocycles. The minimum atomic E-state index is -4.59. The highest BCUT2D eigenvalue weighted by molar-refractivity contribution is 7.08. The van der Waals surface area contributed by atoms with Gasteiger partial charge in [0.05, 0.1) is 5.69 Å². The first-order chi connectivity index (χ1) is 15.3. The maximum atomic E-state index is 13.0. The summed E-state index contributed by atoms with van der Waals surface area (Å²) in [6.45, 7) is 5.65. The molecule has 1 amide bonds. The van der Waals surface area contributed by atoms with Gasteiger partial charge in [-0.15, -0.1) is 0 Å². The number of nitrogens with zero attached hydrogens (tertiary/aromatic N) is 3. The molecule has 9 heteroatoms. The topological polar surface area (TPSA) is 67.8 Å². The first-order valence-electron chi connectivity index (χ1n) is 9.88. The van der Waals surface area contributed by atoms with Crippen LogP contribution in [-0.2, 0) is 6.18 Å². The second-order valence-electron chi connectivity index (χ2n) is 7.44. The normalized spacial score (nSPS) is 14.0. The van der Waals surface area contributed by atoms with E-state index in [0.717, 1.165) is 58.9 Å². The number of allylic oxidation sites excluding steroid dienone is 2. The number of aromatic nitrogens is 3. The average molecular weight is 456 g/mol. The Balaban J connectivity index is 1.72. The van der Waals surface area contributed by atoms with Crippen molar-refractivity contribution in [3.63, 3.8) is 0 Å². The molecule has 32 heavy (non-hydrogen) atoms. The van der Waals surface area contributed by atoms with Gasteiger partial charge in [0.2, 0.25) is 0 Å². The Morgan fingerprint density at radius 2 is 2.09 bits per heavy atom. The van der Waals surface area contributed by atoms with Crippen LogP contribution in [0.4, 0.5) is 18.9 Å². The summed E-state index contributed by atoms with van der Waals surface area (Å²) in [5, 5.41) is 2.57. The van der Waals surface area contributed by atoms with Gasteiger partial charge in [0, 0.05) is 35.4 Å².